The molecule has 100 valence electrons. The van der Waals surface area contributed by atoms with E-state index in [0.717, 1.165) is 6.54 Å². The van der Waals surface area contributed by atoms with Crippen molar-refractivity contribution in [2.24, 2.45) is 5.41 Å². The van der Waals surface area contributed by atoms with Gasteiger partial charge in [-0.3, -0.25) is 0 Å². The van der Waals surface area contributed by atoms with E-state index in [2.05, 4.69) is 71.6 Å². The second-order valence-corrected chi connectivity index (χ2v) is 7.17. The van der Waals surface area contributed by atoms with Crippen LogP contribution in [0.4, 0.5) is 5.69 Å². The molecule has 0 atom stereocenters. The zero-order chi connectivity index (χ0) is 14.0. The van der Waals surface area contributed by atoms with E-state index in [1.807, 2.05) is 6.08 Å². The van der Waals surface area contributed by atoms with Gasteiger partial charge in [0, 0.05) is 12.2 Å². The van der Waals surface area contributed by atoms with Gasteiger partial charge in [0.25, 0.3) is 0 Å². The van der Waals surface area contributed by atoms with Gasteiger partial charge in [-0.25, -0.2) is 0 Å². The lowest BCUT2D eigenvalue weighted by atomic mass is 9.86. The third-order valence-corrected chi connectivity index (χ3v) is 2.95. The SMILES string of the molecule is C=Cc1cc(C(C)(C)C)ccc1NCC(C)(C)C. The topological polar surface area (TPSA) is 12.0 Å². The van der Waals surface area contributed by atoms with Crippen molar-refractivity contribution in [3.63, 3.8) is 0 Å². The highest BCUT2D eigenvalue weighted by atomic mass is 14.9. The molecule has 0 heterocycles. The Hall–Kier alpha value is -1.24. The molecule has 0 saturated carbocycles. The number of benzene rings is 1. The predicted octanol–water partition coefficient (Wildman–Crippen LogP) is 5.09. The highest BCUT2D eigenvalue weighted by molar-refractivity contribution is 5.67. The second kappa shape index (κ2) is 5.17. The smallest absolute Gasteiger partial charge is 0.0413 e. The van der Waals surface area contributed by atoms with Crippen molar-refractivity contribution in [1.29, 1.82) is 0 Å². The molecule has 0 aromatic heterocycles. The zero-order valence-corrected chi connectivity index (χ0v) is 12.7. The minimum atomic E-state index is 0.181. The van der Waals surface area contributed by atoms with E-state index in [1.165, 1.54) is 16.8 Å². The second-order valence-electron chi connectivity index (χ2n) is 7.17. The van der Waals surface area contributed by atoms with Crippen LogP contribution in [0.5, 0.6) is 0 Å². The van der Waals surface area contributed by atoms with Crippen molar-refractivity contribution in [3.05, 3.63) is 35.9 Å². The first-order valence-corrected chi connectivity index (χ1v) is 6.64. The summed E-state index contributed by atoms with van der Waals surface area (Å²) in [4.78, 5) is 0. The summed E-state index contributed by atoms with van der Waals surface area (Å²) in [5.41, 5.74) is 4.17. The van der Waals surface area contributed by atoms with Crippen LogP contribution in [0.15, 0.2) is 24.8 Å². The van der Waals surface area contributed by atoms with Crippen molar-refractivity contribution >= 4 is 11.8 Å². The molecule has 0 aliphatic rings. The molecule has 1 aromatic rings. The lowest BCUT2D eigenvalue weighted by Gasteiger charge is -2.23. The van der Waals surface area contributed by atoms with E-state index in [4.69, 9.17) is 0 Å². The molecule has 1 aromatic carbocycles. The molecule has 0 aliphatic heterocycles. The van der Waals surface area contributed by atoms with Gasteiger partial charge in [-0.15, -0.1) is 0 Å². The van der Waals surface area contributed by atoms with E-state index in [0.29, 0.717) is 0 Å². The van der Waals surface area contributed by atoms with Gasteiger partial charge in [-0.2, -0.15) is 0 Å². The summed E-state index contributed by atoms with van der Waals surface area (Å²) in [7, 11) is 0. The molecule has 1 rings (SSSR count). The fourth-order valence-corrected chi connectivity index (χ4v) is 1.72. The summed E-state index contributed by atoms with van der Waals surface area (Å²) in [6.07, 6.45) is 1.93. The van der Waals surface area contributed by atoms with Crippen LogP contribution in [0.2, 0.25) is 0 Å². The van der Waals surface area contributed by atoms with Gasteiger partial charge >= 0.3 is 0 Å². The Morgan fingerprint density at radius 3 is 2.17 bits per heavy atom. The maximum absolute atomic E-state index is 3.92. The van der Waals surface area contributed by atoms with Crippen molar-refractivity contribution in [1.82, 2.24) is 0 Å². The Balaban J connectivity index is 2.98. The van der Waals surface area contributed by atoms with Crippen molar-refractivity contribution in [2.75, 3.05) is 11.9 Å². The number of nitrogens with one attached hydrogen (secondary N) is 1. The number of rotatable bonds is 3. The van der Waals surface area contributed by atoms with Crippen LogP contribution >= 0.6 is 0 Å². The summed E-state index contributed by atoms with van der Waals surface area (Å²) in [6.45, 7) is 18.3. The fraction of sp³-hybridized carbons (Fsp3) is 0.529. The molecule has 1 nitrogen and oxygen atoms in total. The van der Waals surface area contributed by atoms with E-state index in [1.54, 1.807) is 0 Å². The molecule has 0 radical (unpaired) electrons. The Kier molecular flexibility index (Phi) is 4.26. The normalized spacial score (nSPS) is 12.3. The van der Waals surface area contributed by atoms with Crippen LogP contribution in [0, 0.1) is 5.41 Å². The van der Waals surface area contributed by atoms with E-state index < -0.39 is 0 Å². The molecule has 0 spiro atoms. The van der Waals surface area contributed by atoms with Gasteiger partial charge < -0.3 is 5.32 Å². The molecule has 18 heavy (non-hydrogen) atoms. The fourth-order valence-electron chi connectivity index (χ4n) is 1.72. The van der Waals surface area contributed by atoms with Crippen LogP contribution in [0.3, 0.4) is 0 Å². The van der Waals surface area contributed by atoms with Crippen LogP contribution < -0.4 is 5.32 Å². The molecule has 1 N–H and O–H groups in total. The third kappa shape index (κ3) is 4.21. The first-order chi connectivity index (χ1) is 8.13. The monoisotopic (exact) mass is 245 g/mol. The molecule has 0 bridgehead atoms. The van der Waals surface area contributed by atoms with E-state index in [9.17, 15) is 0 Å². The Morgan fingerprint density at radius 1 is 1.11 bits per heavy atom. The van der Waals surface area contributed by atoms with E-state index >= 15 is 0 Å². The summed E-state index contributed by atoms with van der Waals surface area (Å²) in [6, 6.07) is 6.61. The molecule has 0 saturated heterocycles. The van der Waals surface area contributed by atoms with Crippen molar-refractivity contribution < 1.29 is 0 Å². The summed E-state index contributed by atoms with van der Waals surface area (Å²) in [5.74, 6) is 0. The molecule has 0 unspecified atom stereocenters. The van der Waals surface area contributed by atoms with Gasteiger partial charge in [0.05, 0.1) is 0 Å². The number of hydrogen-bond donors (Lipinski definition) is 1. The number of hydrogen-bond acceptors (Lipinski definition) is 1. The van der Waals surface area contributed by atoms with Crippen LogP contribution in [-0.2, 0) is 5.41 Å². The first kappa shape index (κ1) is 14.8. The van der Waals surface area contributed by atoms with Crippen LogP contribution in [-0.4, -0.2) is 6.54 Å². The van der Waals surface area contributed by atoms with Gasteiger partial charge in [0.1, 0.15) is 0 Å². The van der Waals surface area contributed by atoms with Gasteiger partial charge in [0.15, 0.2) is 0 Å². The van der Waals surface area contributed by atoms with Gasteiger partial charge in [-0.05, 0) is 34.1 Å². The summed E-state index contributed by atoms with van der Waals surface area (Å²) in [5, 5.41) is 3.51. The molecule has 0 aliphatic carbocycles. The molecular weight excluding hydrogens is 218 g/mol. The largest absolute Gasteiger partial charge is 0.384 e. The Bertz CT molecular complexity index is 416. The lowest BCUT2D eigenvalue weighted by Crippen LogP contribution is -2.19. The maximum atomic E-state index is 3.92. The highest BCUT2D eigenvalue weighted by Gasteiger charge is 2.15. The van der Waals surface area contributed by atoms with Crippen LogP contribution in [0.25, 0.3) is 6.08 Å². The summed E-state index contributed by atoms with van der Waals surface area (Å²) < 4.78 is 0. The summed E-state index contributed by atoms with van der Waals surface area (Å²) >= 11 is 0. The predicted molar refractivity (Wildman–Crippen MR) is 83.2 cm³/mol. The quantitative estimate of drug-likeness (QED) is 0.782. The molecular formula is C17H27N. The maximum Gasteiger partial charge on any atom is 0.0413 e. The van der Waals surface area contributed by atoms with Gasteiger partial charge in [-0.1, -0.05) is 60.3 Å². The molecule has 0 fully saturated rings. The molecule has 0 amide bonds. The Morgan fingerprint density at radius 2 is 1.72 bits per heavy atom. The average molecular weight is 245 g/mol. The Labute approximate surface area is 112 Å². The zero-order valence-electron chi connectivity index (χ0n) is 12.7. The minimum Gasteiger partial charge on any atom is -0.384 e. The number of anilines is 1. The standard InChI is InChI=1S/C17H27N/c1-8-13-11-14(17(5,6)7)9-10-15(13)18-12-16(2,3)4/h8-11,18H,1,12H2,2-7H3. The first-order valence-electron chi connectivity index (χ1n) is 6.64. The van der Waals surface area contributed by atoms with Crippen LogP contribution in [0.1, 0.15) is 52.7 Å². The molecule has 1 heteroatoms. The van der Waals surface area contributed by atoms with Gasteiger partial charge in [0.2, 0.25) is 0 Å². The average Bonchev–Trinajstić information content (AvgIpc) is 2.23. The van der Waals surface area contributed by atoms with E-state index in [-0.39, 0.29) is 10.8 Å². The van der Waals surface area contributed by atoms with Crippen molar-refractivity contribution in [3.8, 4) is 0 Å². The van der Waals surface area contributed by atoms with Crippen molar-refractivity contribution in [2.45, 2.75) is 47.0 Å². The highest BCUT2D eigenvalue weighted by Crippen LogP contribution is 2.28. The third-order valence-electron chi connectivity index (χ3n) is 2.95. The lowest BCUT2D eigenvalue weighted by molar-refractivity contribution is 0.443. The minimum absolute atomic E-state index is 0.181.